The summed E-state index contributed by atoms with van der Waals surface area (Å²) in [6.07, 6.45) is -2.21. The van der Waals surface area contributed by atoms with E-state index >= 15 is 0 Å². The van der Waals surface area contributed by atoms with Gasteiger partial charge in [-0.25, -0.2) is 0 Å². The first-order chi connectivity index (χ1) is 28.5. The van der Waals surface area contributed by atoms with Crippen molar-refractivity contribution in [2.24, 2.45) is 0 Å². The van der Waals surface area contributed by atoms with Crippen molar-refractivity contribution in [1.82, 2.24) is 0 Å². The van der Waals surface area contributed by atoms with E-state index in [1.54, 1.807) is 12.1 Å². The van der Waals surface area contributed by atoms with Crippen molar-refractivity contribution in [3.63, 3.8) is 0 Å². The first kappa shape index (κ1) is 33.6. The van der Waals surface area contributed by atoms with E-state index in [4.69, 9.17) is 28.4 Å². The molecule has 0 saturated heterocycles. The first-order valence-corrected chi connectivity index (χ1v) is 18.6. The van der Waals surface area contributed by atoms with Crippen LogP contribution < -0.4 is 23.7 Å². The summed E-state index contributed by atoms with van der Waals surface area (Å²) < 4.78 is 58.4. The Labute approximate surface area is 330 Å². The standard InChI is InChI=1S/C50H42O6/c1-6-16-37(17-7-1)32-51-43-29-46(53-34-39-20-10-3-11-21-39)44-31-49(55-36-41-24-14-5-15-25-41)50(56-47(44)30-43)42-26-27-45(52-33-38-18-8-2-9-19-38)48(28-42)54-35-40-22-12-4-13-23-40/h1-30H,31-36H2/i31D2. The summed E-state index contributed by atoms with van der Waals surface area (Å²) in [7, 11) is 0. The fraction of sp³-hybridized carbons (Fsp3) is 0.120. The lowest BCUT2D eigenvalue weighted by Crippen LogP contribution is -2.14. The van der Waals surface area contributed by atoms with Crippen molar-refractivity contribution < 1.29 is 31.2 Å². The fourth-order valence-electron chi connectivity index (χ4n) is 6.14. The van der Waals surface area contributed by atoms with Gasteiger partial charge in [-0.15, -0.1) is 0 Å². The Hall–Kier alpha value is -6.92. The van der Waals surface area contributed by atoms with Crippen LogP contribution in [0.3, 0.4) is 0 Å². The normalized spacial score (nSPS) is 13.4. The minimum Gasteiger partial charge on any atom is -0.489 e. The molecule has 0 unspecified atom stereocenters. The van der Waals surface area contributed by atoms with Gasteiger partial charge in [0.2, 0.25) is 0 Å². The third-order valence-corrected chi connectivity index (χ3v) is 9.09. The van der Waals surface area contributed by atoms with Crippen LogP contribution in [-0.2, 0) is 44.1 Å². The smallest absolute Gasteiger partial charge is 0.172 e. The van der Waals surface area contributed by atoms with Crippen LogP contribution in [-0.4, -0.2) is 0 Å². The lowest BCUT2D eigenvalue weighted by molar-refractivity contribution is 0.182. The maximum absolute atomic E-state index is 9.82. The van der Waals surface area contributed by atoms with Crippen LogP contribution >= 0.6 is 0 Å². The van der Waals surface area contributed by atoms with Crippen molar-refractivity contribution in [2.45, 2.75) is 39.4 Å². The van der Waals surface area contributed by atoms with Gasteiger partial charge >= 0.3 is 0 Å². The molecule has 0 atom stereocenters. The highest BCUT2D eigenvalue weighted by molar-refractivity contribution is 5.71. The van der Waals surface area contributed by atoms with Gasteiger partial charge in [-0.2, -0.15) is 0 Å². The highest BCUT2D eigenvalue weighted by atomic mass is 16.5. The summed E-state index contributed by atoms with van der Waals surface area (Å²) in [5.41, 5.74) is 5.52. The molecule has 0 radical (unpaired) electrons. The molecule has 0 N–H and O–H groups in total. The van der Waals surface area contributed by atoms with E-state index in [1.165, 1.54) is 0 Å². The second-order valence-corrected chi connectivity index (χ2v) is 13.2. The van der Waals surface area contributed by atoms with Crippen molar-refractivity contribution in [3.05, 3.63) is 227 Å². The monoisotopic (exact) mass is 740 g/mol. The minimum absolute atomic E-state index is 0.00155. The summed E-state index contributed by atoms with van der Waals surface area (Å²) in [6.45, 7) is 1.23. The molecule has 7 aromatic rings. The Morgan fingerprint density at radius 2 is 0.839 bits per heavy atom. The van der Waals surface area contributed by atoms with Crippen LogP contribution in [0.2, 0.25) is 0 Å². The second kappa shape index (κ2) is 17.9. The molecule has 0 fully saturated rings. The van der Waals surface area contributed by atoms with Gasteiger partial charge in [-0.1, -0.05) is 152 Å². The van der Waals surface area contributed by atoms with Gasteiger partial charge in [-0.05, 0) is 46.0 Å². The van der Waals surface area contributed by atoms with Gasteiger partial charge in [0.1, 0.15) is 56.0 Å². The van der Waals surface area contributed by atoms with Crippen LogP contribution in [0.25, 0.3) is 5.76 Å². The number of allylic oxidation sites excluding steroid dienone is 1. The van der Waals surface area contributed by atoms with E-state index in [9.17, 15) is 2.74 Å². The van der Waals surface area contributed by atoms with Gasteiger partial charge < -0.3 is 28.4 Å². The molecule has 278 valence electrons. The van der Waals surface area contributed by atoms with Crippen molar-refractivity contribution >= 4 is 5.76 Å². The zero-order valence-electron chi connectivity index (χ0n) is 32.8. The average molecular weight is 741 g/mol. The second-order valence-electron chi connectivity index (χ2n) is 13.2. The van der Waals surface area contributed by atoms with Crippen LogP contribution in [0.1, 0.15) is 41.7 Å². The Morgan fingerprint density at radius 3 is 1.34 bits per heavy atom. The molecule has 0 bridgehead atoms. The van der Waals surface area contributed by atoms with Crippen LogP contribution in [0.15, 0.2) is 188 Å². The van der Waals surface area contributed by atoms with Crippen molar-refractivity contribution in [3.8, 4) is 28.7 Å². The molecule has 6 heteroatoms. The summed E-state index contributed by atoms with van der Waals surface area (Å²) >= 11 is 0. The number of hydrogen-bond acceptors (Lipinski definition) is 6. The molecular weight excluding hydrogens is 697 g/mol. The zero-order valence-corrected chi connectivity index (χ0v) is 30.8. The molecule has 1 aliphatic heterocycles. The van der Waals surface area contributed by atoms with Crippen LogP contribution in [0.5, 0.6) is 28.7 Å². The quantitative estimate of drug-likeness (QED) is 0.0983. The Bertz CT molecular complexity index is 2440. The Balaban J connectivity index is 1.21. The van der Waals surface area contributed by atoms with Crippen molar-refractivity contribution in [2.75, 3.05) is 0 Å². The molecule has 1 heterocycles. The number of fused-ring (bicyclic) bond motifs is 1. The molecule has 0 saturated carbocycles. The van der Waals surface area contributed by atoms with E-state index in [-0.39, 0.29) is 48.4 Å². The van der Waals surface area contributed by atoms with Crippen molar-refractivity contribution in [1.29, 1.82) is 0 Å². The largest absolute Gasteiger partial charge is 0.489 e. The first-order valence-electron chi connectivity index (χ1n) is 19.6. The van der Waals surface area contributed by atoms with Gasteiger partial charge in [0.05, 0.1) is 0 Å². The maximum Gasteiger partial charge on any atom is 0.172 e. The minimum atomic E-state index is -2.21. The van der Waals surface area contributed by atoms with E-state index in [2.05, 4.69) is 0 Å². The molecule has 1 aliphatic rings. The van der Waals surface area contributed by atoms with Crippen LogP contribution in [0, 0.1) is 0 Å². The fourth-order valence-corrected chi connectivity index (χ4v) is 6.14. The Morgan fingerprint density at radius 1 is 0.411 bits per heavy atom. The van der Waals surface area contributed by atoms with Crippen LogP contribution in [0.4, 0.5) is 0 Å². The maximum atomic E-state index is 9.82. The number of ether oxygens (including phenoxy) is 6. The zero-order chi connectivity index (χ0) is 39.6. The number of rotatable bonds is 16. The van der Waals surface area contributed by atoms with Gasteiger partial charge in [-0.3, -0.25) is 0 Å². The molecule has 6 nitrogen and oxygen atoms in total. The molecule has 0 aromatic heterocycles. The third-order valence-electron chi connectivity index (χ3n) is 9.09. The SMILES string of the molecule is [2H]C1([2H])C(OCc2ccccc2)=C(c2ccc(OCc3ccccc3)c(OCc3ccccc3)c2)Oc2cc(OCc3ccccc3)cc(OCc3ccccc3)c21. The number of hydrogen-bond donors (Lipinski definition) is 0. The molecule has 56 heavy (non-hydrogen) atoms. The average Bonchev–Trinajstić information content (AvgIpc) is 3.27. The summed E-state index contributed by atoms with van der Waals surface area (Å²) in [5.74, 6) is 2.19. The predicted molar refractivity (Wildman–Crippen MR) is 218 cm³/mol. The summed E-state index contributed by atoms with van der Waals surface area (Å²) in [6, 6.07) is 58.0. The highest BCUT2D eigenvalue weighted by Gasteiger charge is 2.28. The lowest BCUT2D eigenvalue weighted by Gasteiger charge is -2.27. The van der Waals surface area contributed by atoms with E-state index < -0.39 is 6.37 Å². The molecule has 0 aliphatic carbocycles. The van der Waals surface area contributed by atoms with Gasteiger partial charge in [0, 0.05) is 32.4 Å². The molecular formula is C50H42O6. The summed E-state index contributed by atoms with van der Waals surface area (Å²) in [4.78, 5) is 0. The summed E-state index contributed by atoms with van der Waals surface area (Å²) in [5, 5.41) is 0. The number of benzene rings is 7. The molecule has 0 amide bonds. The van der Waals surface area contributed by atoms with E-state index in [0.717, 1.165) is 27.8 Å². The lowest BCUT2D eigenvalue weighted by atomic mass is 10.0. The Kier molecular flexibility index (Phi) is 10.8. The van der Waals surface area contributed by atoms with E-state index in [1.807, 2.05) is 170 Å². The molecule has 0 spiro atoms. The van der Waals surface area contributed by atoms with E-state index in [0.29, 0.717) is 36.0 Å². The predicted octanol–water partition coefficient (Wildman–Crippen LogP) is 11.5. The molecule has 8 rings (SSSR count). The highest BCUT2D eigenvalue weighted by Crippen LogP contribution is 2.44. The topological polar surface area (TPSA) is 55.4 Å². The van der Waals surface area contributed by atoms with Gasteiger partial charge in [0.25, 0.3) is 0 Å². The third kappa shape index (κ3) is 9.41. The van der Waals surface area contributed by atoms with Gasteiger partial charge in [0.15, 0.2) is 17.3 Å². The molecule has 7 aromatic carbocycles.